The van der Waals surface area contributed by atoms with Gasteiger partial charge < -0.3 is 16.2 Å². The minimum absolute atomic E-state index is 0.0337. The third kappa shape index (κ3) is 17.8. The summed E-state index contributed by atoms with van der Waals surface area (Å²) < 4.78 is 171. The monoisotopic (exact) mass is 1160 g/mol. The summed E-state index contributed by atoms with van der Waals surface area (Å²) in [4.78, 5) is 73.9. The van der Waals surface area contributed by atoms with Crippen molar-refractivity contribution in [1.29, 1.82) is 0 Å². The molecule has 0 bridgehead atoms. The van der Waals surface area contributed by atoms with Gasteiger partial charge in [-0.25, -0.2) is 4.39 Å². The lowest BCUT2D eigenvalue weighted by molar-refractivity contribution is -0.144. The van der Waals surface area contributed by atoms with Crippen molar-refractivity contribution in [2.75, 3.05) is 11.1 Å². The molecule has 0 fully saturated rings. The Morgan fingerprint density at radius 3 is 1.22 bits per heavy atom. The van der Waals surface area contributed by atoms with E-state index in [1.807, 2.05) is 0 Å². The maximum absolute atomic E-state index is 13.2. The lowest BCUT2D eigenvalue weighted by atomic mass is 9.84. The second-order valence-corrected chi connectivity index (χ2v) is 19.8. The van der Waals surface area contributed by atoms with Crippen LogP contribution in [0.1, 0.15) is 176 Å². The van der Waals surface area contributed by atoms with Gasteiger partial charge >= 0.3 is 30.7 Å². The van der Waals surface area contributed by atoms with Gasteiger partial charge in [0.1, 0.15) is 5.82 Å². The van der Waals surface area contributed by atoms with E-state index in [2.05, 4.69) is 5.32 Å². The van der Waals surface area contributed by atoms with E-state index in [0.29, 0.717) is 110 Å². The molecule has 2 aliphatic rings. The van der Waals surface area contributed by atoms with E-state index in [4.69, 9.17) is 10.8 Å². The van der Waals surface area contributed by atoms with E-state index in [1.54, 1.807) is 12.1 Å². The fourth-order valence-electron chi connectivity index (χ4n) is 9.29. The Labute approximate surface area is 461 Å². The van der Waals surface area contributed by atoms with Crippen molar-refractivity contribution in [3.8, 4) is 0 Å². The first-order chi connectivity index (χ1) is 38.4. The number of aliphatic carboxylic acids is 1. The van der Waals surface area contributed by atoms with Gasteiger partial charge in [0, 0.05) is 59.1 Å². The number of Topliss-reactive ketones (excluding diaryl/α,β-unsaturated/α-hetero) is 4. The maximum Gasteiger partial charge on any atom is 0.416 e. The molecule has 0 aliphatic heterocycles. The third-order valence-corrected chi connectivity index (χ3v) is 13.5. The molecule has 0 spiro atoms. The number of carboxylic acids is 1. The zero-order chi connectivity index (χ0) is 60.3. The molecule has 22 heteroatoms. The van der Waals surface area contributed by atoms with Crippen LogP contribution >= 0.6 is 0 Å². The number of ketones is 4. The highest BCUT2D eigenvalue weighted by Crippen LogP contribution is 2.40. The van der Waals surface area contributed by atoms with Gasteiger partial charge in [-0.3, -0.25) is 28.8 Å². The molecule has 0 heterocycles. The number of carbonyl (C=O) groups excluding carboxylic acids is 5. The average molecular weight is 1160 g/mol. The number of rotatable bonds is 19. The molecule has 1 amide bonds. The SMILES string of the molecule is Nc1cc(F)ccc1NC(=O)CCCCCCC(=O)c1ccc2c(c1)CC/C(=C\c1cc(C(F)(F)F)cc(C(F)(F)F)c1)C2=O.O=C(O)CCCCCCC(=O)c1ccc2c(c1)CC/C(=C\c1cc(C(F)(F)F)cc(C(F)(F)F)c1)C2=O. The topological polar surface area (TPSA) is 161 Å². The van der Waals surface area contributed by atoms with Crippen LogP contribution in [0.3, 0.4) is 0 Å². The lowest BCUT2D eigenvalue weighted by Crippen LogP contribution is -2.15. The number of benzene rings is 5. The second-order valence-electron chi connectivity index (χ2n) is 19.8. The van der Waals surface area contributed by atoms with Crippen LogP contribution in [-0.4, -0.2) is 40.1 Å². The number of hydrogen-bond acceptors (Lipinski definition) is 7. The number of unbranched alkanes of at least 4 members (excludes halogenated alkanes) is 6. The van der Waals surface area contributed by atoms with Crippen molar-refractivity contribution in [2.45, 2.75) is 127 Å². The third-order valence-electron chi connectivity index (χ3n) is 13.5. The number of amides is 1. The molecule has 0 atom stereocenters. The summed E-state index contributed by atoms with van der Waals surface area (Å²) in [6.07, 6.45) is -11.2. The largest absolute Gasteiger partial charge is 0.481 e. The predicted molar refractivity (Wildman–Crippen MR) is 278 cm³/mol. The zero-order valence-electron chi connectivity index (χ0n) is 43.5. The minimum atomic E-state index is -5.00. The number of nitrogens with one attached hydrogen (secondary N) is 1. The molecule has 0 radical (unpaired) electrons. The van der Waals surface area contributed by atoms with Crippen LogP contribution in [0, 0.1) is 5.82 Å². The van der Waals surface area contributed by atoms with Crippen LogP contribution in [0.15, 0.2) is 102 Å². The normalized spacial score (nSPS) is 14.7. The van der Waals surface area contributed by atoms with Crippen LogP contribution in [0.2, 0.25) is 0 Å². The summed E-state index contributed by atoms with van der Waals surface area (Å²) in [5, 5.41) is 11.3. The number of aryl methyl sites for hydroxylation is 2. The van der Waals surface area contributed by atoms with E-state index in [0.717, 1.165) is 18.2 Å². The molecule has 5 aromatic rings. The van der Waals surface area contributed by atoms with Crippen molar-refractivity contribution < 1.29 is 90.9 Å². The number of carboxylic acid groups (broad SMARTS) is 1. The Balaban J connectivity index is 0.000000269. The van der Waals surface area contributed by atoms with Crippen LogP contribution < -0.4 is 11.1 Å². The Morgan fingerprint density at radius 1 is 0.476 bits per heavy atom. The summed E-state index contributed by atoms with van der Waals surface area (Å²) in [5.74, 6) is -2.92. The second kappa shape index (κ2) is 26.8. The number of halogens is 13. The number of carbonyl (C=O) groups is 6. The summed E-state index contributed by atoms with van der Waals surface area (Å²) in [6, 6.07) is 15.2. The molecule has 4 N–H and O–H groups in total. The van der Waals surface area contributed by atoms with Crippen molar-refractivity contribution >= 4 is 58.5 Å². The first kappa shape index (κ1) is 63.3. The van der Waals surface area contributed by atoms with Gasteiger partial charge in [0.05, 0.1) is 33.6 Å². The van der Waals surface area contributed by atoms with Gasteiger partial charge in [0.15, 0.2) is 23.1 Å². The molecule has 0 aromatic heterocycles. The standard InChI is InChI=1S/C33H29F7N2O3.C27H24F6O4/c34-25-10-12-28(27(41)18-25)42-30(44)6-4-2-1-3-5-29(43)21-9-11-26-20(16-21)7-8-22(31(26)45)13-19-14-23(32(35,36)37)17-24(15-19)33(38,39)40;28-26(29,30)20-12-16(13-21(15-20)27(31,32)33)11-19-8-7-17-14-18(9-10-22(17)25(19)37)23(34)5-3-1-2-4-6-24(35)36/h9-18H,1-8,41H2,(H,42,44);9-15H,1-8H2,(H,35,36)/b22-13+;19-11+. The Bertz CT molecular complexity index is 3230. The van der Waals surface area contributed by atoms with Crippen LogP contribution in [0.4, 0.5) is 68.5 Å². The van der Waals surface area contributed by atoms with Crippen LogP contribution in [-0.2, 0) is 47.1 Å². The van der Waals surface area contributed by atoms with E-state index >= 15 is 0 Å². The van der Waals surface area contributed by atoms with E-state index < -0.39 is 70.3 Å². The number of alkyl halides is 12. The van der Waals surface area contributed by atoms with Gasteiger partial charge in [-0.15, -0.1) is 0 Å². The number of nitrogens with two attached hydrogens (primary N) is 1. The molecule has 0 saturated heterocycles. The highest BCUT2D eigenvalue weighted by Gasteiger charge is 2.39. The van der Waals surface area contributed by atoms with E-state index in [1.165, 1.54) is 36.4 Å². The van der Waals surface area contributed by atoms with Gasteiger partial charge in [-0.2, -0.15) is 52.7 Å². The molecule has 5 aromatic carbocycles. The van der Waals surface area contributed by atoms with Crippen molar-refractivity contribution in [3.05, 3.63) is 175 Å². The Hall–Kier alpha value is -7.91. The fourth-order valence-corrected chi connectivity index (χ4v) is 9.29. The zero-order valence-corrected chi connectivity index (χ0v) is 43.5. The quantitative estimate of drug-likeness (QED) is 0.0242. The summed E-state index contributed by atoms with van der Waals surface area (Å²) in [7, 11) is 0. The smallest absolute Gasteiger partial charge is 0.416 e. The highest BCUT2D eigenvalue weighted by atomic mass is 19.4. The number of fused-ring (bicyclic) bond motifs is 2. The van der Waals surface area contributed by atoms with Gasteiger partial charge in [-0.1, -0.05) is 49.9 Å². The van der Waals surface area contributed by atoms with Crippen LogP contribution in [0.5, 0.6) is 0 Å². The van der Waals surface area contributed by atoms with Crippen molar-refractivity contribution in [3.63, 3.8) is 0 Å². The van der Waals surface area contributed by atoms with Gasteiger partial charge in [0.2, 0.25) is 5.91 Å². The molecular formula is C60H53F13N2O7. The predicted octanol–water partition coefficient (Wildman–Crippen LogP) is 16.4. The lowest BCUT2D eigenvalue weighted by Gasteiger charge is -2.19. The molecule has 0 saturated carbocycles. The fraction of sp³-hybridized carbons (Fsp3) is 0.333. The summed E-state index contributed by atoms with van der Waals surface area (Å²) in [6.45, 7) is 0. The Morgan fingerprint density at radius 2 is 0.854 bits per heavy atom. The van der Waals surface area contributed by atoms with Gasteiger partial charge in [-0.05, 0) is 153 Å². The number of allylic oxidation sites excluding steroid dienone is 2. The highest BCUT2D eigenvalue weighted by molar-refractivity contribution is 6.14. The molecule has 436 valence electrons. The van der Waals surface area contributed by atoms with Crippen LogP contribution in [0.25, 0.3) is 12.2 Å². The van der Waals surface area contributed by atoms with E-state index in [9.17, 15) is 85.8 Å². The van der Waals surface area contributed by atoms with Gasteiger partial charge in [0.25, 0.3) is 0 Å². The Kier molecular flexibility index (Phi) is 20.7. The average Bonchev–Trinajstić information content (AvgIpc) is 3.30. The maximum atomic E-state index is 13.2. The molecule has 0 unspecified atom stereocenters. The number of nitrogen functional groups attached to an aromatic ring is 1. The van der Waals surface area contributed by atoms with Crippen molar-refractivity contribution in [2.24, 2.45) is 0 Å². The molecule has 7 rings (SSSR count). The summed E-state index contributed by atoms with van der Waals surface area (Å²) >= 11 is 0. The first-order valence-electron chi connectivity index (χ1n) is 25.9. The molecule has 9 nitrogen and oxygen atoms in total. The molecular weight excluding hydrogens is 1110 g/mol. The summed E-state index contributed by atoms with van der Waals surface area (Å²) in [5.41, 5.74) is 2.20. The number of anilines is 2. The first-order valence-corrected chi connectivity index (χ1v) is 25.9. The van der Waals surface area contributed by atoms with E-state index in [-0.39, 0.29) is 114 Å². The molecule has 2 aliphatic carbocycles. The minimum Gasteiger partial charge on any atom is -0.481 e. The van der Waals surface area contributed by atoms with Crippen molar-refractivity contribution in [1.82, 2.24) is 0 Å². The number of hydrogen-bond donors (Lipinski definition) is 3. The molecule has 82 heavy (non-hydrogen) atoms.